The fourth-order valence-electron chi connectivity index (χ4n) is 1.32. The number of aromatic hydroxyl groups is 1. The molecule has 0 spiro atoms. The van der Waals surface area contributed by atoms with Crippen molar-refractivity contribution in [3.05, 3.63) is 27.7 Å². The van der Waals surface area contributed by atoms with E-state index in [9.17, 15) is 14.7 Å². The minimum absolute atomic E-state index is 0.0152. The number of hydrogen-bond acceptors (Lipinski definition) is 4. The van der Waals surface area contributed by atoms with Gasteiger partial charge in [-0.3, -0.25) is 4.79 Å². The van der Waals surface area contributed by atoms with Crippen molar-refractivity contribution in [3.63, 3.8) is 0 Å². The molecule has 1 heterocycles. The molecule has 6 nitrogen and oxygen atoms in total. The Bertz CT molecular complexity index is 449. The van der Waals surface area contributed by atoms with Crippen molar-refractivity contribution in [2.24, 2.45) is 0 Å². The normalized spacial score (nSPS) is 10.3. The fourth-order valence-corrected chi connectivity index (χ4v) is 1.32. The number of carboxylic acid groups (broad SMARTS) is 1. The molecule has 0 bridgehead atoms. The highest BCUT2D eigenvalue weighted by molar-refractivity contribution is 5.85. The van der Waals surface area contributed by atoms with Gasteiger partial charge < -0.3 is 19.9 Å². The first-order chi connectivity index (χ1) is 6.99. The molecule has 0 aromatic carbocycles. The first-order valence-corrected chi connectivity index (χ1v) is 4.26. The van der Waals surface area contributed by atoms with Crippen LogP contribution in [0.2, 0.25) is 0 Å². The number of aliphatic hydroxyl groups excluding tert-OH is 1. The minimum Gasteiger partial charge on any atom is -0.503 e. The average Bonchev–Trinajstić information content (AvgIpc) is 2.18. The molecule has 1 aromatic heterocycles. The SMILES string of the molecule is Cc1c(O)c(=O)cc(C(=O)O)n1CCO. The maximum absolute atomic E-state index is 11.1. The fraction of sp³-hybridized carbons (Fsp3) is 0.333. The second-order valence-corrected chi connectivity index (χ2v) is 3.01. The molecule has 0 saturated heterocycles. The van der Waals surface area contributed by atoms with Crippen molar-refractivity contribution in [2.75, 3.05) is 6.61 Å². The van der Waals surface area contributed by atoms with E-state index in [1.807, 2.05) is 0 Å². The highest BCUT2D eigenvalue weighted by Crippen LogP contribution is 2.12. The lowest BCUT2D eigenvalue weighted by atomic mass is 10.2. The molecule has 6 heteroatoms. The van der Waals surface area contributed by atoms with E-state index in [0.29, 0.717) is 0 Å². The lowest BCUT2D eigenvalue weighted by Crippen LogP contribution is -2.20. The smallest absolute Gasteiger partial charge is 0.352 e. The predicted molar refractivity (Wildman–Crippen MR) is 51.1 cm³/mol. The first kappa shape index (κ1) is 11.3. The van der Waals surface area contributed by atoms with Gasteiger partial charge in [0.15, 0.2) is 5.75 Å². The maximum atomic E-state index is 11.1. The number of hydrogen-bond donors (Lipinski definition) is 3. The number of aromatic carboxylic acids is 1. The van der Waals surface area contributed by atoms with Crippen LogP contribution in [0.25, 0.3) is 0 Å². The zero-order chi connectivity index (χ0) is 11.6. The van der Waals surface area contributed by atoms with Crippen molar-refractivity contribution in [2.45, 2.75) is 13.5 Å². The molecule has 1 aromatic rings. The van der Waals surface area contributed by atoms with Crippen LogP contribution in [0.4, 0.5) is 0 Å². The van der Waals surface area contributed by atoms with Crippen molar-refractivity contribution in [1.29, 1.82) is 0 Å². The van der Waals surface area contributed by atoms with Gasteiger partial charge in [0.1, 0.15) is 5.69 Å². The van der Waals surface area contributed by atoms with E-state index in [-0.39, 0.29) is 24.5 Å². The number of carboxylic acids is 1. The van der Waals surface area contributed by atoms with E-state index < -0.39 is 17.1 Å². The Morgan fingerprint density at radius 2 is 2.13 bits per heavy atom. The number of rotatable bonds is 3. The third-order valence-electron chi connectivity index (χ3n) is 2.08. The number of nitrogens with zero attached hydrogens (tertiary/aromatic N) is 1. The van der Waals surface area contributed by atoms with Crippen LogP contribution >= 0.6 is 0 Å². The lowest BCUT2D eigenvalue weighted by Gasteiger charge is -2.13. The largest absolute Gasteiger partial charge is 0.503 e. The van der Waals surface area contributed by atoms with Crippen LogP contribution < -0.4 is 5.43 Å². The molecule has 0 aliphatic rings. The Labute approximate surface area is 85.0 Å². The molecule has 82 valence electrons. The van der Waals surface area contributed by atoms with Gasteiger partial charge in [0.25, 0.3) is 0 Å². The predicted octanol–water partition coefficient (Wildman–Crippen LogP) is -0.447. The maximum Gasteiger partial charge on any atom is 0.352 e. The molecule has 3 N–H and O–H groups in total. The van der Waals surface area contributed by atoms with Gasteiger partial charge in [-0.1, -0.05) is 0 Å². The summed E-state index contributed by atoms with van der Waals surface area (Å²) in [6.07, 6.45) is 0. The molecular weight excluding hydrogens is 202 g/mol. The number of aromatic nitrogens is 1. The van der Waals surface area contributed by atoms with E-state index in [0.717, 1.165) is 6.07 Å². The summed E-state index contributed by atoms with van der Waals surface area (Å²) >= 11 is 0. The van der Waals surface area contributed by atoms with Gasteiger partial charge in [-0.25, -0.2) is 4.79 Å². The van der Waals surface area contributed by atoms with Crippen LogP contribution in [0.3, 0.4) is 0 Å². The van der Waals surface area contributed by atoms with Crippen LogP contribution in [0.15, 0.2) is 10.9 Å². The molecule has 0 amide bonds. The van der Waals surface area contributed by atoms with Crippen molar-refractivity contribution in [3.8, 4) is 5.75 Å². The zero-order valence-electron chi connectivity index (χ0n) is 8.10. The van der Waals surface area contributed by atoms with Gasteiger partial charge in [-0.2, -0.15) is 0 Å². The van der Waals surface area contributed by atoms with Gasteiger partial charge in [-0.05, 0) is 6.92 Å². The Balaban J connectivity index is 3.50. The second-order valence-electron chi connectivity index (χ2n) is 3.01. The van der Waals surface area contributed by atoms with Crippen LogP contribution in [0, 0.1) is 6.92 Å². The molecule has 15 heavy (non-hydrogen) atoms. The highest BCUT2D eigenvalue weighted by atomic mass is 16.4. The first-order valence-electron chi connectivity index (χ1n) is 4.26. The summed E-state index contributed by atoms with van der Waals surface area (Å²) in [5, 5.41) is 26.9. The van der Waals surface area contributed by atoms with Crippen LogP contribution in [-0.2, 0) is 6.54 Å². The van der Waals surface area contributed by atoms with Crippen molar-refractivity contribution >= 4 is 5.97 Å². The van der Waals surface area contributed by atoms with Gasteiger partial charge in [0, 0.05) is 12.6 Å². The van der Waals surface area contributed by atoms with E-state index in [1.54, 1.807) is 0 Å². The van der Waals surface area contributed by atoms with E-state index in [2.05, 4.69) is 0 Å². The average molecular weight is 213 g/mol. The molecule has 1 rings (SSSR count). The van der Waals surface area contributed by atoms with Gasteiger partial charge in [-0.15, -0.1) is 0 Å². The lowest BCUT2D eigenvalue weighted by molar-refractivity contribution is 0.0682. The van der Waals surface area contributed by atoms with E-state index in [1.165, 1.54) is 11.5 Å². The molecule has 0 radical (unpaired) electrons. The third kappa shape index (κ3) is 1.99. The third-order valence-corrected chi connectivity index (χ3v) is 2.08. The molecular formula is C9H11NO5. The Morgan fingerprint density at radius 1 is 1.53 bits per heavy atom. The molecule has 0 unspecified atom stereocenters. The van der Waals surface area contributed by atoms with Gasteiger partial charge >= 0.3 is 5.97 Å². The zero-order valence-corrected chi connectivity index (χ0v) is 8.10. The summed E-state index contributed by atoms with van der Waals surface area (Å²) in [4.78, 5) is 21.9. The molecule has 0 saturated carbocycles. The van der Waals surface area contributed by atoms with Crippen molar-refractivity contribution in [1.82, 2.24) is 4.57 Å². The second kappa shape index (κ2) is 4.14. The summed E-state index contributed by atoms with van der Waals surface area (Å²) in [6.45, 7) is 1.16. The highest BCUT2D eigenvalue weighted by Gasteiger charge is 2.15. The van der Waals surface area contributed by atoms with Crippen LogP contribution in [0.5, 0.6) is 5.75 Å². The summed E-state index contributed by atoms with van der Waals surface area (Å²) in [6, 6.07) is 0.834. The summed E-state index contributed by atoms with van der Waals surface area (Å²) in [5.74, 6) is -1.77. The number of pyridine rings is 1. The molecule has 0 aliphatic carbocycles. The Hall–Kier alpha value is -1.82. The topological polar surface area (TPSA) is 99.8 Å². The summed E-state index contributed by atoms with van der Waals surface area (Å²) in [7, 11) is 0. The summed E-state index contributed by atoms with van der Waals surface area (Å²) < 4.78 is 1.18. The van der Waals surface area contributed by atoms with E-state index >= 15 is 0 Å². The standard InChI is InChI=1S/C9H11NO5/c1-5-8(13)7(12)4-6(9(14)15)10(5)2-3-11/h4,11,13H,2-3H2,1H3,(H,14,15). The minimum atomic E-state index is -1.27. The molecule has 0 atom stereocenters. The summed E-state index contributed by atoms with van der Waals surface area (Å²) in [5.41, 5.74) is -0.850. The number of aliphatic hydroxyl groups is 1. The Morgan fingerprint density at radius 3 is 2.60 bits per heavy atom. The number of carbonyl (C=O) groups is 1. The monoisotopic (exact) mass is 213 g/mol. The quantitative estimate of drug-likeness (QED) is 0.631. The van der Waals surface area contributed by atoms with Gasteiger partial charge in [0.2, 0.25) is 5.43 Å². The van der Waals surface area contributed by atoms with E-state index in [4.69, 9.17) is 10.2 Å². The molecule has 0 fully saturated rings. The Kier molecular flexibility index (Phi) is 3.11. The molecule has 0 aliphatic heterocycles. The van der Waals surface area contributed by atoms with Crippen molar-refractivity contribution < 1.29 is 20.1 Å². The van der Waals surface area contributed by atoms with Crippen LogP contribution in [-0.4, -0.2) is 32.5 Å². The van der Waals surface area contributed by atoms with Gasteiger partial charge in [0.05, 0.1) is 12.3 Å². The van der Waals surface area contributed by atoms with Crippen LogP contribution in [0.1, 0.15) is 16.2 Å².